The molecule has 0 unspecified atom stereocenters. The molecule has 0 aliphatic heterocycles. The second-order valence-electron chi connectivity index (χ2n) is 5.76. The lowest BCUT2D eigenvalue weighted by Crippen LogP contribution is -2.44. The van der Waals surface area contributed by atoms with Crippen LogP contribution in [0.1, 0.15) is 25.7 Å². The number of nitrogens with zero attached hydrogens (tertiary/aromatic N) is 1. The molecule has 17 heavy (non-hydrogen) atoms. The van der Waals surface area contributed by atoms with Crippen molar-refractivity contribution in [2.24, 2.45) is 5.92 Å². The minimum atomic E-state index is -0.926. The van der Waals surface area contributed by atoms with Gasteiger partial charge in [0.25, 0.3) is 0 Å². The normalized spacial score (nSPS) is 18.3. The van der Waals surface area contributed by atoms with Crippen LogP contribution in [-0.4, -0.2) is 55.3 Å². The predicted octanol–water partition coefficient (Wildman–Crippen LogP) is 0.879. The number of likely N-dealkylation sites (N-methyl/N-ethyl adjacent to an activating group) is 1. The molecule has 98 valence electrons. The first-order valence-electron chi connectivity index (χ1n) is 6.00. The molecular weight excluding hydrogens is 222 g/mol. The maximum absolute atomic E-state index is 11.7. The van der Waals surface area contributed by atoms with Gasteiger partial charge in [0, 0.05) is 0 Å². The van der Waals surface area contributed by atoms with Crippen LogP contribution >= 0.6 is 0 Å². The van der Waals surface area contributed by atoms with E-state index < -0.39 is 12.1 Å². The number of rotatable bonds is 6. The summed E-state index contributed by atoms with van der Waals surface area (Å²) in [5, 5.41) is 8.81. The molecule has 0 radical (unpaired) electrons. The monoisotopic (exact) mass is 244 g/mol. The van der Waals surface area contributed by atoms with Crippen LogP contribution < -0.4 is 0 Å². The van der Waals surface area contributed by atoms with Crippen molar-refractivity contribution in [1.29, 1.82) is 0 Å². The van der Waals surface area contributed by atoms with E-state index in [4.69, 9.17) is 9.84 Å². The molecule has 0 heterocycles. The highest BCUT2D eigenvalue weighted by Gasteiger charge is 2.31. The largest absolute Gasteiger partial charge is 0.481 e. The van der Waals surface area contributed by atoms with Crippen LogP contribution in [0.25, 0.3) is 0 Å². The van der Waals surface area contributed by atoms with Crippen LogP contribution in [0.4, 0.5) is 0 Å². The van der Waals surface area contributed by atoms with Gasteiger partial charge in [-0.3, -0.25) is 9.59 Å². The van der Waals surface area contributed by atoms with Crippen molar-refractivity contribution in [3.05, 3.63) is 0 Å². The number of ether oxygens (including phenoxy) is 1. The van der Waals surface area contributed by atoms with Crippen LogP contribution in [0.3, 0.4) is 0 Å². The van der Waals surface area contributed by atoms with E-state index in [-0.39, 0.29) is 18.3 Å². The zero-order valence-electron chi connectivity index (χ0n) is 10.8. The number of hydrogen-bond donors (Lipinski definition) is 1. The molecule has 1 aliphatic rings. The third-order valence-electron chi connectivity index (χ3n) is 2.87. The van der Waals surface area contributed by atoms with Gasteiger partial charge in [0.15, 0.2) is 6.10 Å². The van der Waals surface area contributed by atoms with Crippen molar-refractivity contribution in [1.82, 2.24) is 0 Å². The van der Waals surface area contributed by atoms with Gasteiger partial charge < -0.3 is 14.3 Å². The van der Waals surface area contributed by atoms with E-state index in [2.05, 4.69) is 0 Å². The van der Waals surface area contributed by atoms with Crippen molar-refractivity contribution in [2.45, 2.75) is 31.8 Å². The van der Waals surface area contributed by atoms with E-state index in [0.29, 0.717) is 11.0 Å². The van der Waals surface area contributed by atoms with Crippen molar-refractivity contribution in [3.63, 3.8) is 0 Å². The average molecular weight is 244 g/mol. The molecule has 0 saturated heterocycles. The summed E-state index contributed by atoms with van der Waals surface area (Å²) in [6.07, 6.45) is 2.18. The fourth-order valence-corrected chi connectivity index (χ4v) is 1.85. The second kappa shape index (κ2) is 5.49. The minimum absolute atomic E-state index is 0.00115. The number of carboxylic acid groups (broad SMARTS) is 1. The Labute approximate surface area is 102 Å². The van der Waals surface area contributed by atoms with E-state index in [9.17, 15) is 9.59 Å². The van der Waals surface area contributed by atoms with Gasteiger partial charge in [-0.15, -0.1) is 0 Å². The Kier molecular flexibility index (Phi) is 4.51. The van der Waals surface area contributed by atoms with Crippen LogP contribution in [-0.2, 0) is 14.3 Å². The molecule has 0 aromatic carbocycles. The number of carbonyl (C=O) groups is 2. The molecule has 1 fully saturated rings. The Hall–Kier alpha value is -1.10. The Balaban J connectivity index is 2.49. The third kappa shape index (κ3) is 5.17. The summed E-state index contributed by atoms with van der Waals surface area (Å²) in [5.41, 5.74) is 0. The second-order valence-corrected chi connectivity index (χ2v) is 5.76. The van der Waals surface area contributed by atoms with Gasteiger partial charge in [0.1, 0.15) is 6.54 Å². The Bertz CT molecular complexity index is 291. The first-order chi connectivity index (χ1) is 7.78. The lowest BCUT2D eigenvalue weighted by molar-refractivity contribution is -0.873. The molecule has 1 atom stereocenters. The van der Waals surface area contributed by atoms with Crippen molar-refractivity contribution in [3.8, 4) is 0 Å². The Morgan fingerprint density at radius 1 is 1.35 bits per heavy atom. The number of carbonyl (C=O) groups excluding carboxylic acids is 1. The van der Waals surface area contributed by atoms with E-state index in [1.54, 1.807) is 0 Å². The highest BCUT2D eigenvalue weighted by atomic mass is 16.5. The van der Waals surface area contributed by atoms with Gasteiger partial charge >= 0.3 is 11.9 Å². The number of hydrogen-bond acceptors (Lipinski definition) is 3. The van der Waals surface area contributed by atoms with Gasteiger partial charge in [-0.05, 0) is 12.8 Å². The van der Waals surface area contributed by atoms with Crippen LogP contribution in [0.15, 0.2) is 0 Å². The summed E-state index contributed by atoms with van der Waals surface area (Å²) in [6.45, 7) is 0.519. The molecule has 0 amide bonds. The molecule has 1 aliphatic carbocycles. The topological polar surface area (TPSA) is 63.6 Å². The van der Waals surface area contributed by atoms with Gasteiger partial charge in [0.05, 0.1) is 33.5 Å². The van der Waals surface area contributed by atoms with Crippen molar-refractivity contribution < 1.29 is 23.9 Å². The van der Waals surface area contributed by atoms with Crippen molar-refractivity contribution in [2.75, 3.05) is 27.7 Å². The van der Waals surface area contributed by atoms with Gasteiger partial charge in [0.2, 0.25) is 0 Å². The molecule has 0 aromatic heterocycles. The van der Waals surface area contributed by atoms with Crippen LogP contribution in [0.5, 0.6) is 0 Å². The molecule has 1 N–H and O–H groups in total. The standard InChI is InChI=1S/C12H21NO4/c1-13(2,3)8-10(7-11(14)15)17-12(16)9-5-4-6-9/h9-10H,4-8H2,1-3H3/p+1/t10-/m1/s1. The molecular formula is C12H22NO4+. The predicted molar refractivity (Wildman–Crippen MR) is 62.4 cm³/mol. The zero-order valence-corrected chi connectivity index (χ0v) is 10.8. The fourth-order valence-electron chi connectivity index (χ4n) is 1.85. The van der Waals surface area contributed by atoms with E-state index in [1.807, 2.05) is 21.1 Å². The number of quaternary nitrogens is 1. The highest BCUT2D eigenvalue weighted by molar-refractivity contribution is 5.74. The number of aliphatic carboxylic acids is 1. The number of esters is 1. The molecule has 0 bridgehead atoms. The maximum Gasteiger partial charge on any atom is 0.309 e. The van der Waals surface area contributed by atoms with E-state index >= 15 is 0 Å². The summed E-state index contributed by atoms with van der Waals surface area (Å²) in [6, 6.07) is 0. The summed E-state index contributed by atoms with van der Waals surface area (Å²) >= 11 is 0. The molecule has 0 aromatic rings. The van der Waals surface area contributed by atoms with Crippen molar-refractivity contribution >= 4 is 11.9 Å². The first-order valence-corrected chi connectivity index (χ1v) is 6.00. The Morgan fingerprint density at radius 2 is 1.94 bits per heavy atom. The van der Waals surface area contributed by atoms with Crippen LogP contribution in [0.2, 0.25) is 0 Å². The summed E-state index contributed by atoms with van der Waals surface area (Å²) in [7, 11) is 5.85. The maximum atomic E-state index is 11.7. The quantitative estimate of drug-likeness (QED) is 0.556. The molecule has 1 saturated carbocycles. The van der Waals surface area contributed by atoms with E-state index in [1.165, 1.54) is 0 Å². The molecule has 1 rings (SSSR count). The summed E-state index contributed by atoms with van der Waals surface area (Å²) in [5.74, 6) is -1.15. The number of carboxylic acids is 1. The van der Waals surface area contributed by atoms with E-state index in [0.717, 1.165) is 19.3 Å². The highest BCUT2D eigenvalue weighted by Crippen LogP contribution is 2.28. The minimum Gasteiger partial charge on any atom is -0.481 e. The van der Waals surface area contributed by atoms with Crippen LogP contribution in [0, 0.1) is 5.92 Å². The Morgan fingerprint density at radius 3 is 2.29 bits per heavy atom. The SMILES string of the molecule is C[N+](C)(C)C[C@@H](CC(=O)O)OC(=O)C1CCC1. The fraction of sp³-hybridized carbons (Fsp3) is 0.833. The molecule has 5 nitrogen and oxygen atoms in total. The van der Waals surface area contributed by atoms with Gasteiger partial charge in [-0.2, -0.15) is 0 Å². The molecule has 0 spiro atoms. The third-order valence-corrected chi connectivity index (χ3v) is 2.87. The summed E-state index contributed by atoms with van der Waals surface area (Å²) in [4.78, 5) is 22.4. The zero-order chi connectivity index (χ0) is 13.1. The lowest BCUT2D eigenvalue weighted by atomic mass is 9.85. The first kappa shape index (κ1) is 14.0. The summed E-state index contributed by atoms with van der Waals surface area (Å²) < 4.78 is 5.89. The average Bonchev–Trinajstić information content (AvgIpc) is 1.93. The molecule has 5 heteroatoms. The smallest absolute Gasteiger partial charge is 0.309 e. The van der Waals surface area contributed by atoms with Gasteiger partial charge in [-0.25, -0.2) is 0 Å². The lowest BCUT2D eigenvalue weighted by Gasteiger charge is -2.30. The van der Waals surface area contributed by atoms with Gasteiger partial charge in [-0.1, -0.05) is 6.42 Å².